The van der Waals surface area contributed by atoms with Crippen molar-refractivity contribution >= 4 is 54.3 Å². The summed E-state index contributed by atoms with van der Waals surface area (Å²) in [5.74, 6) is 0. The second kappa shape index (κ2) is 16.1. The van der Waals surface area contributed by atoms with Crippen LogP contribution in [0.4, 0.5) is 0 Å². The maximum absolute atomic E-state index is 5.24. The summed E-state index contributed by atoms with van der Waals surface area (Å²) in [6, 6.07) is 74.0. The lowest BCUT2D eigenvalue weighted by Gasteiger charge is -2.21. The van der Waals surface area contributed by atoms with Gasteiger partial charge in [-0.25, -0.2) is 9.98 Å². The molecule has 0 amide bonds. The highest BCUT2D eigenvalue weighted by atomic mass is 32.1. The zero-order chi connectivity index (χ0) is 40.5. The lowest BCUT2D eigenvalue weighted by atomic mass is 9.91. The van der Waals surface area contributed by atoms with Gasteiger partial charge in [-0.1, -0.05) is 164 Å². The molecule has 3 heterocycles. The maximum atomic E-state index is 5.24. The monoisotopic (exact) mass is 802 g/mol. The fraction of sp³-hybridized carbons (Fsp3) is 0.0357. The van der Waals surface area contributed by atoms with Gasteiger partial charge in [0.2, 0.25) is 12.3 Å². The van der Waals surface area contributed by atoms with Gasteiger partial charge in [0.1, 0.15) is 11.4 Å². The number of allylic oxidation sites excluding steroid dienone is 2. The van der Waals surface area contributed by atoms with E-state index in [2.05, 4.69) is 229 Å². The molecule has 4 N–H and O–H groups in total. The summed E-state index contributed by atoms with van der Waals surface area (Å²) >= 11 is 1.86. The highest BCUT2D eigenvalue weighted by Gasteiger charge is 2.26. The fourth-order valence-corrected chi connectivity index (χ4v) is 9.80. The molecule has 290 valence electrons. The summed E-state index contributed by atoms with van der Waals surface area (Å²) in [7, 11) is 0. The van der Waals surface area contributed by atoms with E-state index in [0.29, 0.717) is 0 Å². The van der Waals surface area contributed by atoms with Gasteiger partial charge < -0.3 is 0 Å². The van der Waals surface area contributed by atoms with Crippen LogP contribution in [0.1, 0.15) is 45.7 Å². The predicted octanol–water partition coefficient (Wildman–Crippen LogP) is 11.6. The van der Waals surface area contributed by atoms with Gasteiger partial charge in [-0.3, -0.25) is 10.6 Å². The van der Waals surface area contributed by atoms with Crippen LogP contribution >= 0.6 is 11.3 Å². The number of hydrogen-bond donors (Lipinski definition) is 2. The summed E-state index contributed by atoms with van der Waals surface area (Å²) < 4.78 is 2.59. The number of thiophene rings is 1. The predicted molar refractivity (Wildman–Crippen MR) is 254 cm³/mol. The highest BCUT2D eigenvalue weighted by Crippen LogP contribution is 2.42. The summed E-state index contributed by atoms with van der Waals surface area (Å²) in [6.45, 7) is 0. The molecule has 0 saturated carbocycles. The van der Waals surface area contributed by atoms with Gasteiger partial charge in [0.25, 0.3) is 0 Å². The van der Waals surface area contributed by atoms with E-state index < -0.39 is 0 Å². The third-order valence-electron chi connectivity index (χ3n) is 11.8. The van der Waals surface area contributed by atoms with Crippen molar-refractivity contribution in [3.8, 4) is 22.3 Å². The third kappa shape index (κ3) is 7.36. The van der Waals surface area contributed by atoms with E-state index in [-0.39, 0.29) is 12.3 Å². The van der Waals surface area contributed by atoms with Crippen LogP contribution in [-0.2, 0) is 0 Å². The normalized spacial score (nSPS) is 16.5. The van der Waals surface area contributed by atoms with Crippen molar-refractivity contribution in [2.75, 3.05) is 0 Å². The number of benzene rings is 8. The Hall–Kier alpha value is -7.28. The van der Waals surface area contributed by atoms with Crippen LogP contribution in [-0.4, -0.2) is 11.4 Å². The standard InChI is InChI=1S/C56H40N4S/c1-5-16-38(17-6-1)49-35-51(59-55(57-49)41-20-9-3-10-21-41)40-30-28-37(29-31-40)46-33-48-45-26-13-14-27-53(45)61-54(48)34-47(46)43-24-15-25-44(32-43)52-36-50(39-18-7-2-8-19-39)58-56(60-52)42-22-11-4-12-23-42/h1-36,55-56,59-60H/p+2. The SMILES string of the molecule is C1=C(c2ccc(-c3cc4c(cc3-c3cccc(C5=CC(c6ccccc6)=NC(c6ccccc6)[NH2+]5)c3)sc3ccccc34)cc2)[NH2+]C(c2ccccc2)N=C1c1ccccc1. The molecule has 0 aliphatic carbocycles. The van der Waals surface area contributed by atoms with E-state index in [1.54, 1.807) is 0 Å². The quantitative estimate of drug-likeness (QED) is 0.154. The number of fused-ring (bicyclic) bond motifs is 3. The molecule has 0 saturated heterocycles. The molecule has 2 unspecified atom stereocenters. The van der Waals surface area contributed by atoms with E-state index in [9.17, 15) is 0 Å². The first-order chi connectivity index (χ1) is 30.2. The van der Waals surface area contributed by atoms with Crippen LogP contribution in [0.15, 0.2) is 228 Å². The van der Waals surface area contributed by atoms with Crippen LogP contribution in [0.5, 0.6) is 0 Å². The molecule has 4 nitrogen and oxygen atoms in total. The Kier molecular flexibility index (Phi) is 9.68. The first-order valence-corrected chi connectivity index (χ1v) is 21.7. The molecule has 0 spiro atoms. The van der Waals surface area contributed by atoms with Gasteiger partial charge in [0, 0.05) is 65.7 Å². The molecule has 0 fully saturated rings. The van der Waals surface area contributed by atoms with Crippen LogP contribution in [0.3, 0.4) is 0 Å². The van der Waals surface area contributed by atoms with Gasteiger partial charge >= 0.3 is 0 Å². The molecule has 8 aromatic carbocycles. The number of quaternary nitrogens is 2. The van der Waals surface area contributed by atoms with Crippen molar-refractivity contribution in [3.05, 3.63) is 252 Å². The van der Waals surface area contributed by atoms with Crippen LogP contribution < -0.4 is 10.6 Å². The zero-order valence-corrected chi connectivity index (χ0v) is 34.2. The highest BCUT2D eigenvalue weighted by molar-refractivity contribution is 7.25. The van der Waals surface area contributed by atoms with Gasteiger partial charge in [-0.15, -0.1) is 11.3 Å². The smallest absolute Gasteiger partial charge is 0.211 e. The topological polar surface area (TPSA) is 57.9 Å². The van der Waals surface area contributed by atoms with E-state index in [4.69, 9.17) is 9.98 Å². The Labute approximate surface area is 359 Å². The maximum Gasteiger partial charge on any atom is 0.211 e. The van der Waals surface area contributed by atoms with Crippen molar-refractivity contribution in [1.82, 2.24) is 0 Å². The molecule has 2 aliphatic rings. The Morgan fingerprint density at radius 1 is 0.344 bits per heavy atom. The first kappa shape index (κ1) is 36.8. The molecule has 5 heteroatoms. The molecule has 11 rings (SSSR count). The van der Waals surface area contributed by atoms with Gasteiger partial charge in [-0.05, 0) is 64.7 Å². The minimum Gasteiger partial charge on any atom is -0.288 e. The Bertz CT molecular complexity index is 3170. The third-order valence-corrected chi connectivity index (χ3v) is 12.9. The molecule has 2 aliphatic heterocycles. The Balaban J connectivity index is 1.00. The van der Waals surface area contributed by atoms with Crippen molar-refractivity contribution < 1.29 is 10.6 Å². The number of nitrogens with zero attached hydrogens (tertiary/aromatic N) is 2. The Morgan fingerprint density at radius 3 is 1.43 bits per heavy atom. The molecule has 61 heavy (non-hydrogen) atoms. The van der Waals surface area contributed by atoms with Crippen molar-refractivity contribution in [2.45, 2.75) is 12.3 Å². The summed E-state index contributed by atoms with van der Waals surface area (Å²) in [5, 5.41) is 7.19. The van der Waals surface area contributed by atoms with Crippen molar-refractivity contribution in [2.24, 2.45) is 9.98 Å². The molecule has 1 aromatic heterocycles. The largest absolute Gasteiger partial charge is 0.288 e. The number of aliphatic imine (C=N–C) groups is 2. The second-order valence-corrected chi connectivity index (χ2v) is 16.7. The van der Waals surface area contributed by atoms with Gasteiger partial charge in [0.15, 0.2) is 0 Å². The van der Waals surface area contributed by atoms with Crippen molar-refractivity contribution in [1.29, 1.82) is 0 Å². The summed E-state index contributed by atoms with van der Waals surface area (Å²) in [5.41, 5.74) is 16.1. The minimum absolute atomic E-state index is 0.0706. The van der Waals surface area contributed by atoms with Crippen LogP contribution in [0.25, 0.3) is 53.8 Å². The number of nitrogens with two attached hydrogens (primary N) is 2. The van der Waals surface area contributed by atoms with Crippen molar-refractivity contribution in [3.63, 3.8) is 0 Å². The number of rotatable bonds is 8. The molecule has 9 aromatic rings. The summed E-state index contributed by atoms with van der Waals surface area (Å²) in [6.07, 6.45) is 4.32. The van der Waals surface area contributed by atoms with E-state index in [0.717, 1.165) is 22.6 Å². The fourth-order valence-electron chi connectivity index (χ4n) is 8.67. The Morgan fingerprint density at radius 2 is 0.820 bits per heavy atom. The van der Waals surface area contributed by atoms with Crippen LogP contribution in [0, 0.1) is 0 Å². The van der Waals surface area contributed by atoms with Gasteiger partial charge in [0.05, 0.1) is 11.4 Å². The average Bonchev–Trinajstić information content (AvgIpc) is 3.72. The van der Waals surface area contributed by atoms with Crippen LogP contribution in [0.2, 0.25) is 0 Å². The van der Waals surface area contributed by atoms with E-state index >= 15 is 0 Å². The first-order valence-electron chi connectivity index (χ1n) is 20.9. The second-order valence-electron chi connectivity index (χ2n) is 15.7. The lowest BCUT2D eigenvalue weighted by molar-refractivity contribution is -0.609. The zero-order valence-electron chi connectivity index (χ0n) is 33.4. The molecule has 2 atom stereocenters. The van der Waals surface area contributed by atoms with E-state index in [1.165, 1.54) is 76.1 Å². The van der Waals surface area contributed by atoms with E-state index in [1.807, 2.05) is 11.3 Å². The molecule has 0 bridgehead atoms. The molecule has 0 radical (unpaired) electrons. The van der Waals surface area contributed by atoms with Gasteiger partial charge in [-0.2, -0.15) is 0 Å². The lowest BCUT2D eigenvalue weighted by Crippen LogP contribution is -2.82. The molecular weight excluding hydrogens is 761 g/mol. The average molecular weight is 803 g/mol. The number of hydrogen-bond acceptors (Lipinski definition) is 3. The summed E-state index contributed by atoms with van der Waals surface area (Å²) in [4.78, 5) is 10.5. The molecular formula is C56H42N4S+2. The minimum atomic E-state index is -0.0847.